The van der Waals surface area contributed by atoms with Gasteiger partial charge >= 0.3 is 0 Å². The minimum absolute atomic E-state index is 0.0721. The molecule has 3 nitrogen and oxygen atoms in total. The molecule has 1 N–H and O–H groups in total. The molecule has 0 amide bonds. The van der Waals surface area contributed by atoms with E-state index in [-0.39, 0.29) is 11.5 Å². The lowest BCUT2D eigenvalue weighted by atomic mass is 9.74. The third kappa shape index (κ3) is 2.81. The number of epoxide rings is 1. The Morgan fingerprint density at radius 2 is 2.13 bits per heavy atom. The summed E-state index contributed by atoms with van der Waals surface area (Å²) in [7, 11) is 0. The van der Waals surface area contributed by atoms with Gasteiger partial charge in [0.25, 0.3) is 0 Å². The summed E-state index contributed by atoms with van der Waals surface area (Å²) in [5, 5.41) is 10.4. The number of hydrogen-bond donors (Lipinski definition) is 1. The Hall–Kier alpha value is -0.640. The summed E-state index contributed by atoms with van der Waals surface area (Å²) in [6.07, 6.45) is 10.6. The van der Waals surface area contributed by atoms with Crippen LogP contribution in [0, 0.1) is 23.7 Å². The van der Waals surface area contributed by atoms with Crippen LogP contribution < -0.4 is 0 Å². The summed E-state index contributed by atoms with van der Waals surface area (Å²) in [5.74, 6) is 2.13. The first-order chi connectivity index (χ1) is 11.0. The van der Waals surface area contributed by atoms with Crippen molar-refractivity contribution in [3.8, 4) is 0 Å². The topological polar surface area (TPSA) is 42.0 Å². The molecule has 0 spiro atoms. The second kappa shape index (κ2) is 5.72. The number of aliphatic hydroxyl groups excluding tert-OH is 1. The van der Waals surface area contributed by atoms with E-state index in [4.69, 9.17) is 9.47 Å². The van der Waals surface area contributed by atoms with Gasteiger partial charge in [-0.3, -0.25) is 0 Å². The minimum atomic E-state index is -0.592. The Balaban J connectivity index is 1.52. The van der Waals surface area contributed by atoms with Gasteiger partial charge in [0, 0.05) is 5.92 Å². The van der Waals surface area contributed by atoms with Gasteiger partial charge in [0.2, 0.25) is 0 Å². The molecular weight excluding hydrogens is 288 g/mol. The van der Waals surface area contributed by atoms with Crippen LogP contribution >= 0.6 is 0 Å². The van der Waals surface area contributed by atoms with E-state index in [2.05, 4.69) is 32.9 Å². The molecule has 2 aliphatic heterocycles. The van der Waals surface area contributed by atoms with Crippen LogP contribution in [-0.4, -0.2) is 29.7 Å². The molecule has 0 aromatic heterocycles. The zero-order valence-corrected chi connectivity index (χ0v) is 14.6. The van der Waals surface area contributed by atoms with Gasteiger partial charge in [-0.15, -0.1) is 0 Å². The van der Waals surface area contributed by atoms with Gasteiger partial charge in [0.05, 0.1) is 18.3 Å². The predicted octanol–water partition coefficient (Wildman–Crippen LogP) is 3.83. The van der Waals surface area contributed by atoms with E-state index in [1.807, 2.05) is 0 Å². The van der Waals surface area contributed by atoms with Crippen LogP contribution in [0.4, 0.5) is 0 Å². The zero-order valence-electron chi connectivity index (χ0n) is 14.6. The normalized spacial score (nSPS) is 45.2. The van der Waals surface area contributed by atoms with E-state index in [1.54, 1.807) is 0 Å². The molecular formula is C20H30O3. The second-order valence-corrected chi connectivity index (χ2v) is 8.50. The van der Waals surface area contributed by atoms with Gasteiger partial charge in [-0.2, -0.15) is 0 Å². The van der Waals surface area contributed by atoms with E-state index in [0.29, 0.717) is 24.5 Å². The van der Waals surface area contributed by atoms with Crippen molar-refractivity contribution in [1.82, 2.24) is 0 Å². The van der Waals surface area contributed by atoms with Crippen molar-refractivity contribution >= 4 is 0 Å². The fourth-order valence-corrected chi connectivity index (χ4v) is 5.31. The second-order valence-electron chi connectivity index (χ2n) is 8.50. The molecule has 2 saturated heterocycles. The number of ether oxygens (including phenoxy) is 2. The third-order valence-electron chi connectivity index (χ3n) is 6.78. The van der Waals surface area contributed by atoms with Gasteiger partial charge in [-0.25, -0.2) is 0 Å². The van der Waals surface area contributed by atoms with Gasteiger partial charge in [0.1, 0.15) is 0 Å². The quantitative estimate of drug-likeness (QED) is 0.635. The standard InChI is InChI=1S/C20H30O3/c1-12(7-10-16-20(2,3)23-16)15-9-8-13-5-4-6-14-11-22-19(21)18(14)17(13)15/h6-7,13,15-19,21H,4-5,8-11H2,1-3H3/b12-7-/t13?,15-,16?,17-,18?,19+/m1/s1. The molecule has 3 heteroatoms. The SMILES string of the molecule is C/C(=C/CC1OC1(C)C)[C@H]1CCC2CCC=C3CO[C@H](O)C3[C@H]21. The highest BCUT2D eigenvalue weighted by Gasteiger charge is 2.49. The zero-order chi connectivity index (χ0) is 16.2. The average Bonchev–Trinajstić information content (AvgIpc) is 2.79. The Bertz CT molecular complexity index is 533. The van der Waals surface area contributed by atoms with Crippen LogP contribution in [0.5, 0.6) is 0 Å². The maximum atomic E-state index is 10.4. The average molecular weight is 318 g/mol. The number of fused-ring (bicyclic) bond motifs is 3. The molecule has 0 aromatic carbocycles. The van der Waals surface area contributed by atoms with Crippen molar-refractivity contribution in [2.45, 2.75) is 70.9 Å². The van der Waals surface area contributed by atoms with Crippen LogP contribution in [0.1, 0.15) is 52.9 Å². The first kappa shape index (κ1) is 15.9. The van der Waals surface area contributed by atoms with Gasteiger partial charge in [-0.1, -0.05) is 17.7 Å². The van der Waals surface area contributed by atoms with E-state index in [1.165, 1.54) is 30.4 Å². The van der Waals surface area contributed by atoms with Crippen LogP contribution in [0.2, 0.25) is 0 Å². The smallest absolute Gasteiger partial charge is 0.161 e. The van der Waals surface area contributed by atoms with E-state index in [0.717, 1.165) is 18.8 Å². The molecule has 1 saturated carbocycles. The molecule has 128 valence electrons. The molecule has 0 radical (unpaired) electrons. The molecule has 4 rings (SSSR count). The highest BCUT2D eigenvalue weighted by molar-refractivity contribution is 5.21. The lowest BCUT2D eigenvalue weighted by Crippen LogP contribution is -2.31. The van der Waals surface area contributed by atoms with E-state index < -0.39 is 6.29 Å². The van der Waals surface area contributed by atoms with Crippen molar-refractivity contribution in [2.24, 2.45) is 23.7 Å². The van der Waals surface area contributed by atoms with E-state index in [9.17, 15) is 5.11 Å². The molecule has 6 atom stereocenters. The van der Waals surface area contributed by atoms with Gasteiger partial charge in [0.15, 0.2) is 6.29 Å². The van der Waals surface area contributed by atoms with Crippen molar-refractivity contribution in [2.75, 3.05) is 6.61 Å². The van der Waals surface area contributed by atoms with Gasteiger partial charge < -0.3 is 14.6 Å². The summed E-state index contributed by atoms with van der Waals surface area (Å²) in [4.78, 5) is 0. The molecule has 2 heterocycles. The molecule has 2 aliphatic carbocycles. The summed E-state index contributed by atoms with van der Waals surface area (Å²) < 4.78 is 11.3. The minimum Gasteiger partial charge on any atom is -0.367 e. The highest BCUT2D eigenvalue weighted by atomic mass is 16.6. The predicted molar refractivity (Wildman–Crippen MR) is 89.8 cm³/mol. The number of allylic oxidation sites excluding steroid dienone is 2. The summed E-state index contributed by atoms with van der Waals surface area (Å²) in [6, 6.07) is 0. The van der Waals surface area contributed by atoms with E-state index >= 15 is 0 Å². The summed E-state index contributed by atoms with van der Waals surface area (Å²) in [5.41, 5.74) is 2.93. The largest absolute Gasteiger partial charge is 0.367 e. The lowest BCUT2D eigenvalue weighted by molar-refractivity contribution is -0.0981. The first-order valence-corrected chi connectivity index (χ1v) is 9.30. The first-order valence-electron chi connectivity index (χ1n) is 9.30. The lowest BCUT2D eigenvalue weighted by Gasteiger charge is -2.31. The third-order valence-corrected chi connectivity index (χ3v) is 6.78. The molecule has 3 fully saturated rings. The number of aliphatic hydroxyl groups is 1. The van der Waals surface area contributed by atoms with Crippen molar-refractivity contribution in [3.05, 3.63) is 23.3 Å². The molecule has 0 bridgehead atoms. The fourth-order valence-electron chi connectivity index (χ4n) is 5.31. The molecule has 23 heavy (non-hydrogen) atoms. The fraction of sp³-hybridized carbons (Fsp3) is 0.800. The number of rotatable bonds is 3. The Morgan fingerprint density at radius 3 is 2.87 bits per heavy atom. The Labute approximate surface area is 139 Å². The van der Waals surface area contributed by atoms with Crippen LogP contribution in [-0.2, 0) is 9.47 Å². The maximum absolute atomic E-state index is 10.4. The highest BCUT2D eigenvalue weighted by Crippen LogP contribution is 2.53. The van der Waals surface area contributed by atoms with Crippen molar-refractivity contribution in [1.29, 1.82) is 0 Å². The Morgan fingerprint density at radius 1 is 1.35 bits per heavy atom. The molecule has 0 aromatic rings. The van der Waals surface area contributed by atoms with Crippen molar-refractivity contribution in [3.63, 3.8) is 0 Å². The molecule has 4 aliphatic rings. The van der Waals surface area contributed by atoms with Gasteiger partial charge in [-0.05, 0) is 76.2 Å². The maximum Gasteiger partial charge on any atom is 0.161 e. The van der Waals surface area contributed by atoms with Crippen LogP contribution in [0.25, 0.3) is 0 Å². The van der Waals surface area contributed by atoms with Crippen molar-refractivity contribution < 1.29 is 14.6 Å². The van der Waals surface area contributed by atoms with Crippen LogP contribution in [0.3, 0.4) is 0 Å². The van der Waals surface area contributed by atoms with Crippen LogP contribution in [0.15, 0.2) is 23.3 Å². The molecule has 3 unspecified atom stereocenters. The summed E-state index contributed by atoms with van der Waals surface area (Å²) in [6.45, 7) is 7.26. The monoisotopic (exact) mass is 318 g/mol. The Kier molecular flexibility index (Phi) is 3.94. The number of hydrogen-bond acceptors (Lipinski definition) is 3. The summed E-state index contributed by atoms with van der Waals surface area (Å²) >= 11 is 0.